The lowest BCUT2D eigenvalue weighted by Gasteiger charge is -2.35. The maximum Gasteiger partial charge on any atom is 0.408 e. The van der Waals surface area contributed by atoms with Gasteiger partial charge in [0.1, 0.15) is 5.75 Å². The molecule has 1 N–H and O–H groups in total. The van der Waals surface area contributed by atoms with Gasteiger partial charge in [0.2, 0.25) is 5.78 Å². The Balaban J connectivity index is 1.98. The number of rotatable bonds is 4. The van der Waals surface area contributed by atoms with Crippen molar-refractivity contribution in [2.45, 2.75) is 38.1 Å². The van der Waals surface area contributed by atoms with Crippen LogP contribution in [-0.2, 0) is 20.9 Å². The number of Topliss-reactive ketones (excluding diaryl/α,β-unsaturated/α-hetero) is 1. The van der Waals surface area contributed by atoms with E-state index in [9.17, 15) is 9.59 Å². The fourth-order valence-electron chi connectivity index (χ4n) is 4.13. The molecular weight excluding hydrogens is 358 g/mol. The van der Waals surface area contributed by atoms with Crippen molar-refractivity contribution in [1.29, 1.82) is 0 Å². The predicted octanol–water partition coefficient (Wildman–Crippen LogP) is 3.84. The number of hydrogen-bond acceptors (Lipinski definition) is 5. The number of carbonyl (C=O) groups is 2. The highest BCUT2D eigenvalue weighted by Crippen LogP contribution is 2.61. The maximum absolute atomic E-state index is 13.6. The minimum Gasteiger partial charge on any atom is -0.452 e. The van der Waals surface area contributed by atoms with Crippen LogP contribution in [0.1, 0.15) is 53.7 Å². The fourth-order valence-corrected chi connectivity index (χ4v) is 4.13. The predicted molar refractivity (Wildman–Crippen MR) is 102 cm³/mol. The van der Waals surface area contributed by atoms with Gasteiger partial charge < -0.3 is 19.5 Å². The highest BCUT2D eigenvalue weighted by atomic mass is 16.7. The minimum atomic E-state index is -1.74. The average Bonchev–Trinajstić information content (AvgIpc) is 3.07. The Kier molecular flexibility index (Phi) is 4.19. The summed E-state index contributed by atoms with van der Waals surface area (Å²) in [6, 6.07) is 12.7. The van der Waals surface area contributed by atoms with Crippen molar-refractivity contribution in [3.05, 3.63) is 64.7 Å². The van der Waals surface area contributed by atoms with Gasteiger partial charge in [-0.25, -0.2) is 4.79 Å². The molecule has 1 aliphatic heterocycles. The van der Waals surface area contributed by atoms with Gasteiger partial charge in [0.15, 0.2) is 0 Å². The molecule has 6 heteroatoms. The molecule has 1 amide bonds. The zero-order valence-electron chi connectivity index (χ0n) is 16.4. The van der Waals surface area contributed by atoms with Crippen molar-refractivity contribution in [1.82, 2.24) is 5.32 Å². The maximum atomic E-state index is 13.6. The van der Waals surface area contributed by atoms with Crippen LogP contribution in [0.25, 0.3) is 0 Å². The van der Waals surface area contributed by atoms with Gasteiger partial charge in [-0.05, 0) is 24.5 Å². The molecule has 2 aromatic carbocycles. The van der Waals surface area contributed by atoms with Gasteiger partial charge in [-0.3, -0.25) is 4.79 Å². The lowest BCUT2D eigenvalue weighted by Crippen LogP contribution is -2.54. The number of fused-ring (bicyclic) bond motifs is 5. The minimum absolute atomic E-state index is 0.274. The van der Waals surface area contributed by atoms with E-state index < -0.39 is 17.5 Å². The van der Waals surface area contributed by atoms with Gasteiger partial charge in [0.25, 0.3) is 11.4 Å². The molecule has 146 valence electrons. The zero-order chi connectivity index (χ0) is 20.1. The number of amides is 1. The van der Waals surface area contributed by atoms with E-state index in [4.69, 9.17) is 14.2 Å². The molecule has 4 rings (SSSR count). The number of nitrogens with one attached hydrogen (secondary N) is 1. The normalized spacial score (nSPS) is 24.4. The van der Waals surface area contributed by atoms with Gasteiger partial charge in [-0.15, -0.1) is 0 Å². The molecule has 2 atom stereocenters. The number of hydrogen-bond donors (Lipinski definition) is 1. The summed E-state index contributed by atoms with van der Waals surface area (Å²) in [6.45, 7) is 6.30. The van der Waals surface area contributed by atoms with Crippen molar-refractivity contribution < 1.29 is 23.8 Å². The molecule has 0 spiro atoms. The largest absolute Gasteiger partial charge is 0.452 e. The first-order valence-electron chi connectivity index (χ1n) is 9.41. The Labute approximate surface area is 163 Å². The van der Waals surface area contributed by atoms with Crippen molar-refractivity contribution in [2.75, 3.05) is 13.7 Å². The molecule has 0 saturated carbocycles. The third-order valence-electron chi connectivity index (χ3n) is 5.47. The highest BCUT2D eigenvalue weighted by Gasteiger charge is 2.75. The Hall–Kier alpha value is -2.86. The summed E-state index contributed by atoms with van der Waals surface area (Å²) in [7, 11) is 1.46. The first-order chi connectivity index (χ1) is 13.4. The van der Waals surface area contributed by atoms with Gasteiger partial charge in [-0.1, -0.05) is 50.2 Å². The SMILES string of the molecule is CCNC(=O)OC12C(=O)c3ccccc3C1(OC)Oc1cc(C(C)C)ccc12. The van der Waals surface area contributed by atoms with Crippen LogP contribution < -0.4 is 10.1 Å². The van der Waals surface area contributed by atoms with Crippen molar-refractivity contribution in [2.24, 2.45) is 0 Å². The van der Waals surface area contributed by atoms with Gasteiger partial charge in [0, 0.05) is 24.8 Å². The van der Waals surface area contributed by atoms with E-state index in [2.05, 4.69) is 19.2 Å². The summed E-state index contributed by atoms with van der Waals surface area (Å²) in [5, 5.41) is 2.60. The zero-order valence-corrected chi connectivity index (χ0v) is 16.4. The van der Waals surface area contributed by atoms with E-state index in [1.807, 2.05) is 12.1 Å². The molecule has 0 radical (unpaired) electrons. The smallest absolute Gasteiger partial charge is 0.408 e. The fraction of sp³-hybridized carbons (Fsp3) is 0.364. The Morgan fingerprint density at radius 1 is 1.18 bits per heavy atom. The van der Waals surface area contributed by atoms with E-state index in [0.29, 0.717) is 29.0 Å². The standard InChI is InChI=1S/C22H23NO5/c1-5-23-20(25)28-21-17-11-10-14(13(2)3)12-18(17)27-22(21,26-4)16-9-7-6-8-15(16)19(21)24/h6-13H,5H2,1-4H3,(H,23,25). The molecule has 2 aromatic rings. The van der Waals surface area contributed by atoms with Crippen LogP contribution in [0, 0.1) is 0 Å². The van der Waals surface area contributed by atoms with Crippen LogP contribution in [-0.4, -0.2) is 25.5 Å². The lowest BCUT2D eigenvalue weighted by molar-refractivity contribution is -0.241. The Morgan fingerprint density at radius 3 is 2.61 bits per heavy atom. The molecule has 6 nitrogen and oxygen atoms in total. The number of ketones is 1. The topological polar surface area (TPSA) is 73.9 Å². The number of alkyl carbamates (subject to hydrolysis) is 1. The Morgan fingerprint density at radius 2 is 1.93 bits per heavy atom. The molecule has 28 heavy (non-hydrogen) atoms. The van der Waals surface area contributed by atoms with Crippen molar-refractivity contribution in [3.8, 4) is 5.75 Å². The third-order valence-corrected chi connectivity index (χ3v) is 5.47. The highest BCUT2D eigenvalue weighted by molar-refractivity contribution is 6.10. The van der Waals surface area contributed by atoms with E-state index in [1.54, 1.807) is 37.3 Å². The molecule has 2 unspecified atom stereocenters. The molecule has 0 saturated heterocycles. The van der Waals surface area contributed by atoms with Crippen LogP contribution in [0.4, 0.5) is 4.79 Å². The molecule has 1 aliphatic carbocycles. The van der Waals surface area contributed by atoms with Gasteiger partial charge in [-0.2, -0.15) is 0 Å². The second-order valence-electron chi connectivity index (χ2n) is 7.31. The number of methoxy groups -OCH3 is 1. The van der Waals surface area contributed by atoms with E-state index in [-0.39, 0.29) is 11.7 Å². The summed E-state index contributed by atoms with van der Waals surface area (Å²) in [6.07, 6.45) is -0.700. The summed E-state index contributed by atoms with van der Waals surface area (Å²) in [5.41, 5.74) is 0.779. The van der Waals surface area contributed by atoms with Gasteiger partial charge >= 0.3 is 6.09 Å². The van der Waals surface area contributed by atoms with E-state index in [1.165, 1.54) is 7.11 Å². The molecular formula is C22H23NO5. The van der Waals surface area contributed by atoms with Crippen molar-refractivity contribution in [3.63, 3.8) is 0 Å². The van der Waals surface area contributed by atoms with Crippen LogP contribution in [0.2, 0.25) is 0 Å². The van der Waals surface area contributed by atoms with Crippen molar-refractivity contribution >= 4 is 11.9 Å². The summed E-state index contributed by atoms with van der Waals surface area (Å²) in [4.78, 5) is 26.1. The lowest BCUT2D eigenvalue weighted by atomic mass is 9.85. The van der Waals surface area contributed by atoms with Crippen LogP contribution in [0.3, 0.4) is 0 Å². The number of carbonyl (C=O) groups excluding carboxylic acids is 2. The summed E-state index contributed by atoms with van der Waals surface area (Å²) >= 11 is 0. The van der Waals surface area contributed by atoms with E-state index >= 15 is 0 Å². The molecule has 0 aromatic heterocycles. The van der Waals surface area contributed by atoms with Crippen LogP contribution in [0.5, 0.6) is 5.75 Å². The first kappa shape index (κ1) is 18.5. The first-order valence-corrected chi connectivity index (χ1v) is 9.41. The van der Waals surface area contributed by atoms with Crippen LogP contribution >= 0.6 is 0 Å². The quantitative estimate of drug-likeness (QED) is 0.871. The second kappa shape index (κ2) is 6.34. The molecule has 0 fully saturated rings. The van der Waals surface area contributed by atoms with Gasteiger partial charge in [0.05, 0.1) is 5.56 Å². The summed E-state index contributed by atoms with van der Waals surface area (Å²) in [5.74, 6) is -1.16. The molecule has 0 bridgehead atoms. The van der Waals surface area contributed by atoms with Crippen LogP contribution in [0.15, 0.2) is 42.5 Å². The summed E-state index contributed by atoms with van der Waals surface area (Å²) < 4.78 is 18.0. The monoisotopic (exact) mass is 381 g/mol. The molecule has 2 aliphatic rings. The number of ether oxygens (including phenoxy) is 3. The average molecular weight is 381 g/mol. The molecule has 1 heterocycles. The third kappa shape index (κ3) is 2.18. The van der Waals surface area contributed by atoms with E-state index in [0.717, 1.165) is 5.56 Å². The second-order valence-corrected chi connectivity index (χ2v) is 7.31. The Bertz CT molecular complexity index is 969. The number of benzene rings is 2.